The minimum absolute atomic E-state index is 0.107. The fraction of sp³-hybridized carbons (Fsp3) is 0.0455. The molecule has 4 aromatic rings. The van der Waals surface area contributed by atoms with Gasteiger partial charge in [0.05, 0.1) is 5.69 Å². The number of rotatable bonds is 4. The first-order chi connectivity index (χ1) is 13.6. The molecule has 28 heavy (non-hydrogen) atoms. The van der Waals surface area contributed by atoms with Gasteiger partial charge in [-0.15, -0.1) is 11.3 Å². The minimum atomic E-state index is -0.429. The summed E-state index contributed by atoms with van der Waals surface area (Å²) < 4.78 is 1.38. The molecule has 0 fully saturated rings. The van der Waals surface area contributed by atoms with Gasteiger partial charge in [-0.05, 0) is 24.3 Å². The van der Waals surface area contributed by atoms with Gasteiger partial charge in [-0.25, -0.2) is 4.98 Å². The summed E-state index contributed by atoms with van der Waals surface area (Å²) >= 11 is 1.58. The van der Waals surface area contributed by atoms with E-state index in [1.807, 2.05) is 53.9 Å². The quantitative estimate of drug-likeness (QED) is 0.563. The second-order valence-electron chi connectivity index (χ2n) is 6.28. The van der Waals surface area contributed by atoms with E-state index in [0.29, 0.717) is 5.69 Å². The summed E-state index contributed by atoms with van der Waals surface area (Å²) in [6.07, 6.45) is 1.62. The normalized spacial score (nSPS) is 10.6. The van der Waals surface area contributed by atoms with E-state index in [1.165, 1.54) is 10.6 Å². The van der Waals surface area contributed by atoms with E-state index >= 15 is 0 Å². The number of carbonyl (C=O) groups excluding carboxylic acids is 1. The summed E-state index contributed by atoms with van der Waals surface area (Å²) in [7, 11) is 1.62. The highest BCUT2D eigenvalue weighted by atomic mass is 32.1. The van der Waals surface area contributed by atoms with E-state index in [9.17, 15) is 9.59 Å². The van der Waals surface area contributed by atoms with Crippen LogP contribution >= 0.6 is 11.3 Å². The van der Waals surface area contributed by atoms with Gasteiger partial charge in [-0.3, -0.25) is 9.59 Å². The first kappa shape index (κ1) is 17.9. The number of hydrogen-bond acceptors (Lipinski definition) is 4. The van der Waals surface area contributed by atoms with Crippen molar-refractivity contribution in [1.82, 2.24) is 9.55 Å². The summed E-state index contributed by atoms with van der Waals surface area (Å²) in [4.78, 5) is 29.3. The van der Waals surface area contributed by atoms with Crippen LogP contribution in [0.25, 0.3) is 21.8 Å². The standard InChI is InChI=1S/C22H17N3O2S/c1-25-12-6-11-18(22(25)27)20(26)23-17-10-5-9-16(13-17)19-14-28-21(24-19)15-7-3-2-4-8-15/h2-14H,1H3,(H,23,26). The maximum absolute atomic E-state index is 12.5. The lowest BCUT2D eigenvalue weighted by molar-refractivity contribution is 0.102. The van der Waals surface area contributed by atoms with Crippen molar-refractivity contribution in [3.8, 4) is 21.8 Å². The van der Waals surface area contributed by atoms with E-state index in [1.54, 1.807) is 36.7 Å². The summed E-state index contributed by atoms with van der Waals surface area (Å²) in [6.45, 7) is 0. The van der Waals surface area contributed by atoms with Crippen LogP contribution in [-0.2, 0) is 7.05 Å². The number of nitrogens with one attached hydrogen (secondary N) is 1. The molecule has 2 aromatic carbocycles. The van der Waals surface area contributed by atoms with Crippen molar-refractivity contribution in [2.24, 2.45) is 7.05 Å². The third-order valence-corrected chi connectivity index (χ3v) is 5.20. The number of pyridine rings is 1. The molecule has 0 aliphatic rings. The predicted octanol–water partition coefficient (Wildman–Crippen LogP) is 4.43. The van der Waals surface area contributed by atoms with Crippen LogP contribution in [-0.4, -0.2) is 15.5 Å². The molecule has 4 rings (SSSR count). The van der Waals surface area contributed by atoms with Crippen LogP contribution in [0.2, 0.25) is 0 Å². The fourth-order valence-electron chi connectivity index (χ4n) is 2.84. The zero-order chi connectivity index (χ0) is 19.5. The maximum atomic E-state index is 12.5. The summed E-state index contributed by atoms with van der Waals surface area (Å²) in [5.74, 6) is -0.429. The van der Waals surface area contributed by atoms with E-state index in [4.69, 9.17) is 4.98 Å². The Morgan fingerprint density at radius 2 is 1.79 bits per heavy atom. The minimum Gasteiger partial charge on any atom is -0.322 e. The van der Waals surface area contributed by atoms with Gasteiger partial charge < -0.3 is 9.88 Å². The monoisotopic (exact) mass is 387 g/mol. The van der Waals surface area contributed by atoms with Crippen molar-refractivity contribution in [2.75, 3.05) is 5.32 Å². The van der Waals surface area contributed by atoms with Gasteiger partial charge in [0.25, 0.3) is 11.5 Å². The second-order valence-corrected chi connectivity index (χ2v) is 7.13. The Morgan fingerprint density at radius 1 is 1.00 bits per heavy atom. The molecule has 2 aromatic heterocycles. The number of thiazole rings is 1. The molecule has 1 N–H and O–H groups in total. The maximum Gasteiger partial charge on any atom is 0.263 e. The van der Waals surface area contributed by atoms with Gasteiger partial charge in [-0.1, -0.05) is 42.5 Å². The lowest BCUT2D eigenvalue weighted by Gasteiger charge is -2.07. The Hall–Kier alpha value is -3.51. The molecule has 2 heterocycles. The molecule has 0 bridgehead atoms. The fourth-order valence-corrected chi connectivity index (χ4v) is 3.68. The molecule has 5 nitrogen and oxygen atoms in total. The molecule has 0 unspecified atom stereocenters. The summed E-state index contributed by atoms with van der Waals surface area (Å²) in [6, 6.07) is 20.6. The average molecular weight is 387 g/mol. The molecule has 0 saturated heterocycles. The molecule has 0 atom stereocenters. The zero-order valence-corrected chi connectivity index (χ0v) is 15.9. The highest BCUT2D eigenvalue weighted by Crippen LogP contribution is 2.29. The van der Waals surface area contributed by atoms with Crippen LogP contribution in [0.15, 0.2) is 83.1 Å². The SMILES string of the molecule is Cn1cccc(C(=O)Nc2cccc(-c3csc(-c4ccccc4)n3)c2)c1=O. The van der Waals surface area contributed by atoms with Crippen LogP contribution < -0.4 is 10.9 Å². The topological polar surface area (TPSA) is 64.0 Å². The van der Waals surface area contributed by atoms with Crippen molar-refractivity contribution in [2.45, 2.75) is 0 Å². The van der Waals surface area contributed by atoms with Crippen molar-refractivity contribution in [3.05, 3.63) is 94.2 Å². The Kier molecular flexibility index (Phi) is 4.87. The molecular formula is C22H17N3O2S. The van der Waals surface area contributed by atoms with E-state index in [-0.39, 0.29) is 11.1 Å². The van der Waals surface area contributed by atoms with Crippen molar-refractivity contribution in [3.63, 3.8) is 0 Å². The third kappa shape index (κ3) is 3.63. The molecule has 0 aliphatic carbocycles. The van der Waals surface area contributed by atoms with Crippen molar-refractivity contribution < 1.29 is 4.79 Å². The van der Waals surface area contributed by atoms with Crippen molar-refractivity contribution in [1.29, 1.82) is 0 Å². The number of amides is 1. The molecule has 6 heteroatoms. The highest BCUT2D eigenvalue weighted by Gasteiger charge is 2.12. The summed E-state index contributed by atoms with van der Waals surface area (Å²) in [5, 5.41) is 5.74. The summed E-state index contributed by atoms with van der Waals surface area (Å²) in [5.41, 5.74) is 3.21. The Bertz CT molecular complexity index is 1200. The van der Waals surface area contributed by atoms with Crippen LogP contribution in [0.1, 0.15) is 10.4 Å². The molecule has 1 amide bonds. The van der Waals surface area contributed by atoms with Crippen LogP contribution in [0.5, 0.6) is 0 Å². The van der Waals surface area contributed by atoms with E-state index in [0.717, 1.165) is 21.8 Å². The third-order valence-electron chi connectivity index (χ3n) is 4.31. The molecule has 0 aliphatic heterocycles. The van der Waals surface area contributed by atoms with Crippen LogP contribution in [0.4, 0.5) is 5.69 Å². The van der Waals surface area contributed by atoms with Gasteiger partial charge in [0.1, 0.15) is 10.6 Å². The largest absolute Gasteiger partial charge is 0.322 e. The molecule has 138 valence electrons. The van der Waals surface area contributed by atoms with Crippen LogP contribution in [0.3, 0.4) is 0 Å². The lowest BCUT2D eigenvalue weighted by Crippen LogP contribution is -2.26. The van der Waals surface area contributed by atoms with E-state index < -0.39 is 5.91 Å². The molecule has 0 saturated carbocycles. The first-order valence-electron chi connectivity index (χ1n) is 8.70. The second kappa shape index (κ2) is 7.62. The number of aryl methyl sites for hydroxylation is 1. The van der Waals surface area contributed by atoms with Gasteiger partial charge in [0.15, 0.2) is 0 Å². The Labute approximate surface area is 165 Å². The first-order valence-corrected chi connectivity index (χ1v) is 9.58. The Morgan fingerprint density at radius 3 is 2.61 bits per heavy atom. The number of anilines is 1. The molecular weight excluding hydrogens is 370 g/mol. The number of benzene rings is 2. The van der Waals surface area contributed by atoms with E-state index in [2.05, 4.69) is 5.32 Å². The molecule has 0 spiro atoms. The lowest BCUT2D eigenvalue weighted by atomic mass is 10.1. The van der Waals surface area contributed by atoms with Crippen LogP contribution in [0, 0.1) is 0 Å². The van der Waals surface area contributed by atoms with Gasteiger partial charge in [0.2, 0.25) is 0 Å². The number of hydrogen-bond donors (Lipinski definition) is 1. The highest BCUT2D eigenvalue weighted by molar-refractivity contribution is 7.13. The van der Waals surface area contributed by atoms with Gasteiger partial charge in [0, 0.05) is 35.4 Å². The number of carbonyl (C=O) groups is 1. The smallest absolute Gasteiger partial charge is 0.263 e. The van der Waals surface area contributed by atoms with Crippen molar-refractivity contribution >= 4 is 22.9 Å². The Balaban J connectivity index is 1.59. The van der Waals surface area contributed by atoms with Gasteiger partial charge in [-0.2, -0.15) is 0 Å². The van der Waals surface area contributed by atoms with Gasteiger partial charge >= 0.3 is 0 Å². The average Bonchev–Trinajstić information content (AvgIpc) is 3.21. The number of aromatic nitrogens is 2. The zero-order valence-electron chi connectivity index (χ0n) is 15.1. The molecule has 0 radical (unpaired) electrons. The predicted molar refractivity (Wildman–Crippen MR) is 113 cm³/mol. The number of nitrogens with zero attached hydrogens (tertiary/aromatic N) is 2.